The van der Waals surface area contributed by atoms with Crippen molar-refractivity contribution in [1.82, 2.24) is 4.98 Å². The van der Waals surface area contributed by atoms with Crippen LogP contribution in [0.3, 0.4) is 0 Å². The molecular formula is C18H17NO2S. The SMILES string of the molecule is Cc1ccccc1-c1nc2sc3c(c2c(=O)o1)CC[C@H](C)C3. The summed E-state index contributed by atoms with van der Waals surface area (Å²) in [6.07, 6.45) is 3.15. The van der Waals surface area contributed by atoms with E-state index < -0.39 is 0 Å². The maximum absolute atomic E-state index is 12.5. The van der Waals surface area contributed by atoms with Gasteiger partial charge in [0, 0.05) is 10.4 Å². The Bertz CT molecular complexity index is 922. The van der Waals surface area contributed by atoms with Gasteiger partial charge in [0.05, 0.1) is 0 Å². The quantitative estimate of drug-likeness (QED) is 0.671. The molecule has 4 rings (SSSR count). The van der Waals surface area contributed by atoms with Crippen molar-refractivity contribution in [3.63, 3.8) is 0 Å². The van der Waals surface area contributed by atoms with E-state index in [9.17, 15) is 4.79 Å². The minimum absolute atomic E-state index is 0.240. The second kappa shape index (κ2) is 5.06. The van der Waals surface area contributed by atoms with Crippen LogP contribution in [0.25, 0.3) is 21.7 Å². The Balaban J connectivity index is 1.95. The third-order valence-corrected chi connectivity index (χ3v) is 5.61. The number of hydrogen-bond donors (Lipinski definition) is 0. The number of fused-ring (bicyclic) bond motifs is 3. The second-order valence-electron chi connectivity index (χ2n) is 6.15. The number of hydrogen-bond acceptors (Lipinski definition) is 4. The molecule has 0 saturated heterocycles. The first-order chi connectivity index (χ1) is 10.6. The Morgan fingerprint density at radius 2 is 2.14 bits per heavy atom. The summed E-state index contributed by atoms with van der Waals surface area (Å²) in [6, 6.07) is 7.86. The van der Waals surface area contributed by atoms with Gasteiger partial charge in [-0.2, -0.15) is 0 Å². The van der Waals surface area contributed by atoms with Gasteiger partial charge in [0.15, 0.2) is 0 Å². The van der Waals surface area contributed by atoms with Gasteiger partial charge in [-0.3, -0.25) is 0 Å². The molecule has 1 aromatic carbocycles. The van der Waals surface area contributed by atoms with Gasteiger partial charge in [-0.15, -0.1) is 11.3 Å². The highest BCUT2D eigenvalue weighted by Crippen LogP contribution is 2.36. The maximum Gasteiger partial charge on any atom is 0.348 e. The van der Waals surface area contributed by atoms with E-state index in [-0.39, 0.29) is 5.63 Å². The zero-order chi connectivity index (χ0) is 15.3. The van der Waals surface area contributed by atoms with E-state index in [0.717, 1.165) is 35.2 Å². The molecule has 1 aliphatic carbocycles. The summed E-state index contributed by atoms with van der Waals surface area (Å²) in [4.78, 5) is 19.3. The van der Waals surface area contributed by atoms with Gasteiger partial charge in [-0.25, -0.2) is 9.78 Å². The van der Waals surface area contributed by atoms with Crippen molar-refractivity contribution in [1.29, 1.82) is 0 Å². The largest absolute Gasteiger partial charge is 0.403 e. The highest BCUT2D eigenvalue weighted by Gasteiger charge is 2.24. The number of aryl methyl sites for hydroxylation is 2. The van der Waals surface area contributed by atoms with Crippen LogP contribution in [0.2, 0.25) is 0 Å². The van der Waals surface area contributed by atoms with Crippen molar-refractivity contribution < 1.29 is 4.42 Å². The summed E-state index contributed by atoms with van der Waals surface area (Å²) < 4.78 is 5.55. The van der Waals surface area contributed by atoms with Crippen molar-refractivity contribution in [2.24, 2.45) is 5.92 Å². The zero-order valence-electron chi connectivity index (χ0n) is 12.7. The van der Waals surface area contributed by atoms with Gasteiger partial charge in [0.1, 0.15) is 10.2 Å². The minimum Gasteiger partial charge on any atom is -0.403 e. The molecule has 2 aromatic heterocycles. The topological polar surface area (TPSA) is 43.1 Å². The molecule has 1 aliphatic rings. The molecule has 2 heterocycles. The molecule has 4 heteroatoms. The third-order valence-electron chi connectivity index (χ3n) is 4.47. The molecule has 112 valence electrons. The molecule has 0 aliphatic heterocycles. The summed E-state index contributed by atoms with van der Waals surface area (Å²) >= 11 is 1.66. The van der Waals surface area contributed by atoms with Crippen molar-refractivity contribution in [3.8, 4) is 11.5 Å². The standard InChI is InChI=1S/C18H17NO2S/c1-10-7-8-13-14(9-10)22-17-15(13)18(20)21-16(19-17)12-6-4-3-5-11(12)2/h3-6,10H,7-9H2,1-2H3/t10-/m0/s1. The normalized spacial score (nSPS) is 17.6. The Morgan fingerprint density at radius 1 is 1.32 bits per heavy atom. The van der Waals surface area contributed by atoms with Crippen LogP contribution in [-0.2, 0) is 12.8 Å². The van der Waals surface area contributed by atoms with Gasteiger partial charge in [0.2, 0.25) is 5.89 Å². The van der Waals surface area contributed by atoms with Crippen LogP contribution in [0.1, 0.15) is 29.3 Å². The van der Waals surface area contributed by atoms with Crippen LogP contribution < -0.4 is 5.63 Å². The average Bonchev–Trinajstić information content (AvgIpc) is 2.85. The van der Waals surface area contributed by atoms with Gasteiger partial charge in [-0.05, 0) is 49.3 Å². The van der Waals surface area contributed by atoms with Crippen molar-refractivity contribution in [2.75, 3.05) is 0 Å². The molecule has 0 radical (unpaired) electrons. The highest BCUT2D eigenvalue weighted by molar-refractivity contribution is 7.18. The number of benzene rings is 1. The number of thiophene rings is 1. The monoisotopic (exact) mass is 311 g/mol. The number of nitrogens with zero attached hydrogens (tertiary/aromatic N) is 1. The fourth-order valence-corrected chi connectivity index (χ4v) is 4.57. The molecular weight excluding hydrogens is 294 g/mol. The Labute approximate surface area is 132 Å². The third kappa shape index (κ3) is 2.10. The first-order valence-electron chi connectivity index (χ1n) is 7.65. The number of aromatic nitrogens is 1. The lowest BCUT2D eigenvalue weighted by atomic mass is 9.89. The molecule has 3 aromatic rings. The predicted molar refractivity (Wildman–Crippen MR) is 89.5 cm³/mol. The second-order valence-corrected chi connectivity index (χ2v) is 7.24. The minimum atomic E-state index is -0.240. The van der Waals surface area contributed by atoms with Crippen LogP contribution in [-0.4, -0.2) is 4.98 Å². The summed E-state index contributed by atoms with van der Waals surface area (Å²) in [6.45, 7) is 4.27. The molecule has 3 nitrogen and oxygen atoms in total. The first-order valence-corrected chi connectivity index (χ1v) is 8.46. The van der Waals surface area contributed by atoms with E-state index in [0.29, 0.717) is 17.2 Å². The van der Waals surface area contributed by atoms with Crippen LogP contribution in [0.4, 0.5) is 0 Å². The van der Waals surface area contributed by atoms with Crippen molar-refractivity contribution in [3.05, 3.63) is 50.7 Å². The van der Waals surface area contributed by atoms with E-state index >= 15 is 0 Å². The fourth-order valence-electron chi connectivity index (χ4n) is 3.21. The fraction of sp³-hybridized carbons (Fsp3) is 0.333. The van der Waals surface area contributed by atoms with Gasteiger partial charge in [0.25, 0.3) is 0 Å². The Hall–Kier alpha value is -1.94. The molecule has 0 fully saturated rings. The summed E-state index contributed by atoms with van der Waals surface area (Å²) in [7, 11) is 0. The number of rotatable bonds is 1. The lowest BCUT2D eigenvalue weighted by molar-refractivity contribution is 0.503. The Morgan fingerprint density at radius 3 is 2.95 bits per heavy atom. The van der Waals surface area contributed by atoms with E-state index in [1.165, 1.54) is 10.4 Å². The average molecular weight is 311 g/mol. The van der Waals surface area contributed by atoms with E-state index in [1.807, 2.05) is 31.2 Å². The maximum atomic E-state index is 12.5. The van der Waals surface area contributed by atoms with Crippen molar-refractivity contribution in [2.45, 2.75) is 33.1 Å². The van der Waals surface area contributed by atoms with E-state index in [4.69, 9.17) is 4.42 Å². The molecule has 22 heavy (non-hydrogen) atoms. The lowest BCUT2D eigenvalue weighted by Gasteiger charge is -2.17. The molecule has 0 unspecified atom stereocenters. The van der Waals surface area contributed by atoms with Gasteiger partial charge < -0.3 is 4.42 Å². The van der Waals surface area contributed by atoms with Crippen LogP contribution in [0.5, 0.6) is 0 Å². The highest BCUT2D eigenvalue weighted by atomic mass is 32.1. The molecule has 0 N–H and O–H groups in total. The molecule has 0 amide bonds. The van der Waals surface area contributed by atoms with Crippen LogP contribution >= 0.6 is 11.3 Å². The van der Waals surface area contributed by atoms with Crippen molar-refractivity contribution >= 4 is 21.6 Å². The van der Waals surface area contributed by atoms with E-state index in [2.05, 4.69) is 11.9 Å². The van der Waals surface area contributed by atoms with E-state index in [1.54, 1.807) is 11.3 Å². The molecule has 0 spiro atoms. The predicted octanol–water partition coefficient (Wildman–Crippen LogP) is 4.35. The summed E-state index contributed by atoms with van der Waals surface area (Å²) in [5.74, 6) is 1.12. The zero-order valence-corrected chi connectivity index (χ0v) is 13.5. The lowest BCUT2D eigenvalue weighted by Crippen LogP contribution is -2.11. The van der Waals surface area contributed by atoms with Crippen LogP contribution in [0.15, 0.2) is 33.5 Å². The molecule has 1 atom stereocenters. The summed E-state index contributed by atoms with van der Waals surface area (Å²) in [5, 5.41) is 0.712. The molecule has 0 saturated carbocycles. The van der Waals surface area contributed by atoms with Crippen LogP contribution in [0, 0.1) is 12.8 Å². The Kier molecular flexibility index (Phi) is 3.15. The van der Waals surface area contributed by atoms with Gasteiger partial charge >= 0.3 is 5.63 Å². The summed E-state index contributed by atoms with van der Waals surface area (Å²) in [5.41, 5.74) is 2.89. The van der Waals surface area contributed by atoms with Gasteiger partial charge in [-0.1, -0.05) is 25.1 Å². The smallest absolute Gasteiger partial charge is 0.348 e. The first kappa shape index (κ1) is 13.7. The molecule has 0 bridgehead atoms.